The Labute approximate surface area is 341 Å². The molecule has 0 atom stereocenters. The molecular formula is C48H52F2Zr2-2. The molecule has 0 saturated carbocycles. The van der Waals surface area contributed by atoms with E-state index in [-0.39, 0.29) is 9.41 Å². The average Bonchev–Trinajstić information content (AvgIpc) is 3.91. The van der Waals surface area contributed by atoms with Gasteiger partial charge in [-0.2, -0.15) is 23.3 Å². The van der Waals surface area contributed by atoms with Gasteiger partial charge in [-0.05, 0) is 0 Å². The van der Waals surface area contributed by atoms with Crippen LogP contribution >= 0.6 is 0 Å². The fourth-order valence-electron chi connectivity index (χ4n) is 5.44. The molecule has 0 N–H and O–H groups in total. The van der Waals surface area contributed by atoms with Gasteiger partial charge in [-0.1, -0.05) is 112 Å². The minimum atomic E-state index is 0. The van der Waals surface area contributed by atoms with Gasteiger partial charge in [0, 0.05) is 0 Å². The van der Waals surface area contributed by atoms with E-state index >= 15 is 0 Å². The topological polar surface area (TPSA) is 0 Å². The Morgan fingerprint density at radius 1 is 0.481 bits per heavy atom. The number of benzene rings is 4. The second-order valence-corrected chi connectivity index (χ2v) is 18.4. The molecule has 6 aromatic carbocycles. The summed E-state index contributed by atoms with van der Waals surface area (Å²) in [5.74, 6) is 1.37. The van der Waals surface area contributed by atoms with Crippen LogP contribution in [0.25, 0.3) is 43.1 Å². The van der Waals surface area contributed by atoms with E-state index in [2.05, 4.69) is 201 Å². The predicted octanol–water partition coefficient (Wildman–Crippen LogP) is 7.59. The summed E-state index contributed by atoms with van der Waals surface area (Å²) in [5.41, 5.74) is 2.87. The number of halogens is 2. The number of rotatable bonds is 2. The molecule has 0 aliphatic heterocycles. The summed E-state index contributed by atoms with van der Waals surface area (Å²) < 4.78 is 3.01. The van der Waals surface area contributed by atoms with Gasteiger partial charge in [-0.3, -0.25) is 12.2 Å². The van der Waals surface area contributed by atoms with Crippen molar-refractivity contribution in [3.8, 4) is 0 Å². The Morgan fingerprint density at radius 2 is 0.712 bits per heavy atom. The molecule has 268 valence electrons. The molecular weight excluding hydrogens is 797 g/mol. The zero-order chi connectivity index (χ0) is 36.5. The number of hydrogen-bond acceptors (Lipinski definition) is 0. The van der Waals surface area contributed by atoms with Gasteiger partial charge in [0.05, 0.1) is 0 Å². The third-order valence-electron chi connectivity index (χ3n) is 7.83. The van der Waals surface area contributed by atoms with Crippen molar-refractivity contribution in [3.63, 3.8) is 0 Å². The van der Waals surface area contributed by atoms with Crippen LogP contribution in [0.3, 0.4) is 0 Å². The van der Waals surface area contributed by atoms with Gasteiger partial charge in [0.1, 0.15) is 0 Å². The first-order chi connectivity index (χ1) is 24.0. The Balaban J connectivity index is 0.000000327. The van der Waals surface area contributed by atoms with Gasteiger partial charge in [0.15, 0.2) is 0 Å². The minimum Gasteiger partial charge on any atom is -1.00 e. The molecule has 8 rings (SSSR count). The molecule has 0 spiro atoms. The molecule has 2 aliphatic carbocycles. The zero-order valence-electron chi connectivity index (χ0n) is 32.0. The SMILES string of the molecule is CC(C)C1=CC[C-]=C1.CC(C)C1=CC[C-]=C1.C[C](C)=[Zr+2].C[C](C)=[Zr+2].[F-].[F-].c1ccc2c(c1)[cH-]c1ccccc12.c1ccc2c(c1)[cH-]c1ccccc12. The first kappa shape index (κ1) is 47.0. The Morgan fingerprint density at radius 3 is 0.885 bits per heavy atom. The van der Waals surface area contributed by atoms with Crippen molar-refractivity contribution >= 4 is 49.5 Å². The van der Waals surface area contributed by atoms with Crippen molar-refractivity contribution in [2.75, 3.05) is 0 Å². The molecule has 4 heteroatoms. The molecule has 0 heterocycles. The van der Waals surface area contributed by atoms with Crippen LogP contribution in [0, 0.1) is 24.0 Å². The number of hydrogen-bond donors (Lipinski definition) is 0. The van der Waals surface area contributed by atoms with Gasteiger partial charge < -0.3 is 9.41 Å². The van der Waals surface area contributed by atoms with E-state index < -0.39 is 0 Å². The quantitative estimate of drug-likeness (QED) is 0.158. The van der Waals surface area contributed by atoms with Gasteiger partial charge in [0.2, 0.25) is 0 Å². The maximum absolute atomic E-state index is 3.14. The molecule has 0 radical (unpaired) electrons. The van der Waals surface area contributed by atoms with E-state index in [0.717, 1.165) is 12.8 Å². The molecule has 0 amide bonds. The van der Waals surface area contributed by atoms with E-state index in [4.69, 9.17) is 0 Å². The van der Waals surface area contributed by atoms with Crippen molar-refractivity contribution in [2.24, 2.45) is 11.8 Å². The fourth-order valence-corrected chi connectivity index (χ4v) is 5.44. The molecule has 0 bridgehead atoms. The van der Waals surface area contributed by atoms with Crippen LogP contribution in [0.5, 0.6) is 0 Å². The standard InChI is InChI=1S/2C13H9.2C8H11.2C3H6.2FH.2Zr/c2*1-3-7-12-10(5-1)9-11-6-2-4-8-13(11)12;2*1-7(2)8-5-3-4-6-8;2*1-3-2;;;;/h2*1-9H;2*5-7H,3H2,1-2H3;2*1-2H3;2*1H;;/q4*-1;;;;;2*+2/p-2. The molecule has 6 aromatic rings. The van der Waals surface area contributed by atoms with Crippen LogP contribution in [-0.4, -0.2) is 6.41 Å². The second kappa shape index (κ2) is 25.1. The van der Waals surface area contributed by atoms with Crippen molar-refractivity contribution in [1.82, 2.24) is 0 Å². The first-order valence-corrected chi connectivity index (χ1v) is 20.1. The van der Waals surface area contributed by atoms with Crippen molar-refractivity contribution < 1.29 is 57.9 Å². The number of fused-ring (bicyclic) bond motifs is 6. The second-order valence-electron chi connectivity index (χ2n) is 13.5. The van der Waals surface area contributed by atoms with E-state index in [9.17, 15) is 0 Å². The van der Waals surface area contributed by atoms with Crippen LogP contribution in [0.2, 0.25) is 0 Å². The fraction of sp³-hybridized carbons (Fsp3) is 0.250. The molecule has 0 nitrogen and oxygen atoms in total. The third-order valence-corrected chi connectivity index (χ3v) is 7.83. The zero-order valence-corrected chi connectivity index (χ0v) is 36.9. The third kappa shape index (κ3) is 15.9. The van der Waals surface area contributed by atoms with Crippen LogP contribution in [0.15, 0.2) is 145 Å². The van der Waals surface area contributed by atoms with E-state index in [1.165, 1.54) is 60.6 Å². The Bertz CT molecular complexity index is 1840. The molecule has 52 heavy (non-hydrogen) atoms. The summed E-state index contributed by atoms with van der Waals surface area (Å²) in [5, 5.41) is 10.8. The van der Waals surface area contributed by atoms with E-state index in [1.54, 1.807) is 48.5 Å². The molecule has 0 fully saturated rings. The Kier molecular flexibility index (Phi) is 22.6. The predicted molar refractivity (Wildman–Crippen MR) is 218 cm³/mol. The summed E-state index contributed by atoms with van der Waals surface area (Å²) in [7, 11) is 0. The van der Waals surface area contributed by atoms with Gasteiger partial charge in [-0.25, -0.2) is 12.2 Å². The molecule has 0 aromatic heterocycles. The molecule has 0 saturated heterocycles. The summed E-state index contributed by atoms with van der Waals surface area (Å²) >= 11 is 3.11. The molecule has 0 unspecified atom stereocenters. The first-order valence-electron chi connectivity index (χ1n) is 17.6. The van der Waals surface area contributed by atoms with E-state index in [1.807, 2.05) is 0 Å². The van der Waals surface area contributed by atoms with Crippen molar-refractivity contribution in [1.29, 1.82) is 0 Å². The smallest absolute Gasteiger partial charge is 0.0771 e. The summed E-state index contributed by atoms with van der Waals surface area (Å²) in [6, 6.07) is 38.5. The maximum atomic E-state index is 3.14. The van der Waals surface area contributed by atoms with Gasteiger partial charge in [0.25, 0.3) is 0 Å². The monoisotopic (exact) mass is 846 g/mol. The summed E-state index contributed by atoms with van der Waals surface area (Å²) in [4.78, 5) is 0. The average molecular weight is 849 g/mol. The van der Waals surface area contributed by atoms with Crippen molar-refractivity contribution in [3.05, 3.63) is 157 Å². The Hall–Kier alpha value is -3.05. The van der Waals surface area contributed by atoms with Gasteiger partial charge >= 0.3 is 82.6 Å². The maximum Gasteiger partial charge on any atom is -0.0771 e. The largest absolute Gasteiger partial charge is 1.00 e. The number of allylic oxidation sites excluding steroid dienone is 8. The van der Waals surface area contributed by atoms with Crippen LogP contribution < -0.4 is 9.41 Å². The van der Waals surface area contributed by atoms with Crippen LogP contribution in [-0.2, 0) is 48.5 Å². The van der Waals surface area contributed by atoms with Crippen LogP contribution in [0.1, 0.15) is 68.2 Å². The summed E-state index contributed by atoms with van der Waals surface area (Å²) in [6.45, 7) is 17.3. The summed E-state index contributed by atoms with van der Waals surface area (Å²) in [6.07, 6.45) is 16.9. The van der Waals surface area contributed by atoms with Gasteiger partial charge in [-0.15, -0.1) is 92.3 Å². The molecule has 2 aliphatic rings. The normalized spacial score (nSPS) is 12.0. The van der Waals surface area contributed by atoms with Crippen LogP contribution in [0.4, 0.5) is 0 Å². The van der Waals surface area contributed by atoms with E-state index in [0.29, 0.717) is 11.8 Å². The minimum absolute atomic E-state index is 0. The van der Waals surface area contributed by atoms with Crippen molar-refractivity contribution in [2.45, 2.75) is 68.2 Å².